The summed E-state index contributed by atoms with van der Waals surface area (Å²) >= 11 is 0. The first-order valence-electron chi connectivity index (χ1n) is 5.07. The zero-order valence-corrected chi connectivity index (χ0v) is 9.06. The van der Waals surface area contributed by atoms with E-state index in [4.69, 9.17) is 15.6 Å². The summed E-state index contributed by atoms with van der Waals surface area (Å²) < 4.78 is 0. The second kappa shape index (κ2) is 8.75. The van der Waals surface area contributed by atoms with E-state index in [0.29, 0.717) is 19.4 Å². The number of hydrazine groups is 1. The highest BCUT2D eigenvalue weighted by atomic mass is 16.3. The predicted octanol–water partition coefficient (Wildman–Crippen LogP) is -1.09. The van der Waals surface area contributed by atoms with Crippen LogP contribution in [0.4, 0.5) is 0 Å². The molecule has 0 spiro atoms. The largest absolute Gasteiger partial charge is 0.395 e. The van der Waals surface area contributed by atoms with Gasteiger partial charge in [-0.3, -0.25) is 5.43 Å². The summed E-state index contributed by atoms with van der Waals surface area (Å²) in [5.74, 6) is 0. The van der Waals surface area contributed by atoms with E-state index in [1.165, 1.54) is 11.2 Å². The van der Waals surface area contributed by atoms with E-state index in [0.717, 1.165) is 0 Å². The molecule has 0 saturated carbocycles. The molecule has 15 heavy (non-hydrogen) atoms. The Morgan fingerprint density at radius 2 is 2.13 bits per heavy atom. The molecule has 0 saturated heterocycles. The van der Waals surface area contributed by atoms with E-state index in [9.17, 15) is 5.11 Å². The zero-order chi connectivity index (χ0) is 11.7. The van der Waals surface area contributed by atoms with Crippen molar-refractivity contribution < 1.29 is 15.3 Å². The van der Waals surface area contributed by atoms with Gasteiger partial charge in [0.15, 0.2) is 0 Å². The molecule has 0 heterocycles. The van der Waals surface area contributed by atoms with E-state index >= 15 is 0 Å². The molecule has 0 aliphatic carbocycles. The highest BCUT2D eigenvalue weighted by Gasteiger charge is 2.14. The van der Waals surface area contributed by atoms with Gasteiger partial charge in [-0.05, 0) is 26.0 Å². The molecule has 0 aromatic heterocycles. The number of nitrogens with zero attached hydrogens (tertiary/aromatic N) is 1. The summed E-state index contributed by atoms with van der Waals surface area (Å²) in [6.07, 6.45) is 0.878. The highest BCUT2D eigenvalue weighted by molar-refractivity contribution is 5.52. The van der Waals surface area contributed by atoms with Gasteiger partial charge in [-0.2, -0.15) is 0 Å². The highest BCUT2D eigenvalue weighted by Crippen LogP contribution is 2.00. The molecule has 0 aliphatic rings. The van der Waals surface area contributed by atoms with Crippen LogP contribution in [0.15, 0.2) is 0 Å². The van der Waals surface area contributed by atoms with E-state index < -0.39 is 12.3 Å². The number of nitrogens with one attached hydrogen (secondary N) is 2. The van der Waals surface area contributed by atoms with Crippen LogP contribution in [0.25, 0.3) is 0 Å². The van der Waals surface area contributed by atoms with Crippen LogP contribution in [0.2, 0.25) is 0 Å². The van der Waals surface area contributed by atoms with E-state index in [2.05, 4.69) is 5.43 Å². The summed E-state index contributed by atoms with van der Waals surface area (Å²) in [4.78, 5) is 0. The molecule has 0 aromatic rings. The van der Waals surface area contributed by atoms with Crippen molar-refractivity contribution in [2.45, 2.75) is 32.1 Å². The molecule has 0 radical (unpaired) electrons. The van der Waals surface area contributed by atoms with Crippen LogP contribution >= 0.6 is 0 Å². The lowest BCUT2D eigenvalue weighted by molar-refractivity contribution is -0.0498. The van der Waals surface area contributed by atoms with Crippen molar-refractivity contribution in [2.75, 3.05) is 19.7 Å². The minimum Gasteiger partial charge on any atom is -0.395 e. The van der Waals surface area contributed by atoms with Gasteiger partial charge in [-0.1, -0.05) is 0 Å². The first-order valence-corrected chi connectivity index (χ1v) is 5.07. The molecule has 0 fully saturated rings. The van der Waals surface area contributed by atoms with Gasteiger partial charge in [0.2, 0.25) is 0 Å². The van der Waals surface area contributed by atoms with Crippen LogP contribution in [0.3, 0.4) is 0 Å². The normalized spacial score (nSPS) is 15.3. The van der Waals surface area contributed by atoms with Crippen LogP contribution < -0.4 is 5.43 Å². The van der Waals surface area contributed by atoms with Gasteiger partial charge in [-0.25, -0.2) is 5.01 Å². The third-order valence-corrected chi connectivity index (χ3v) is 1.86. The van der Waals surface area contributed by atoms with Crippen molar-refractivity contribution in [3.8, 4) is 0 Å². The maximum atomic E-state index is 9.65. The van der Waals surface area contributed by atoms with Crippen LogP contribution in [0.1, 0.15) is 19.8 Å². The van der Waals surface area contributed by atoms with Crippen LogP contribution in [-0.2, 0) is 0 Å². The Kier molecular flexibility index (Phi) is 8.44. The maximum absolute atomic E-state index is 9.65. The van der Waals surface area contributed by atoms with Gasteiger partial charge >= 0.3 is 0 Å². The Morgan fingerprint density at radius 3 is 2.60 bits per heavy atom. The zero-order valence-electron chi connectivity index (χ0n) is 9.06. The quantitative estimate of drug-likeness (QED) is 0.193. The predicted molar refractivity (Wildman–Crippen MR) is 57.5 cm³/mol. The van der Waals surface area contributed by atoms with Crippen molar-refractivity contribution in [2.24, 2.45) is 0 Å². The second-order valence-corrected chi connectivity index (χ2v) is 3.39. The number of hydrogen-bond acceptors (Lipinski definition) is 6. The first kappa shape index (κ1) is 14.5. The van der Waals surface area contributed by atoms with Crippen LogP contribution in [0.5, 0.6) is 0 Å². The number of aliphatic hydroxyl groups is 3. The molecule has 2 unspecified atom stereocenters. The van der Waals surface area contributed by atoms with Crippen molar-refractivity contribution in [3.05, 3.63) is 0 Å². The molecule has 6 nitrogen and oxygen atoms in total. The Labute approximate surface area is 90.0 Å². The van der Waals surface area contributed by atoms with Gasteiger partial charge in [0.1, 0.15) is 6.23 Å². The molecule has 0 bridgehead atoms. The molecule has 0 amide bonds. The van der Waals surface area contributed by atoms with Gasteiger partial charge in [0, 0.05) is 13.1 Å². The summed E-state index contributed by atoms with van der Waals surface area (Å²) in [5.41, 5.74) is 2.83. The van der Waals surface area contributed by atoms with Gasteiger partial charge in [-0.15, -0.1) is 0 Å². The summed E-state index contributed by atoms with van der Waals surface area (Å²) in [5, 5.41) is 35.8. The Hall–Kier alpha value is -0.530. The SMILES string of the molecule is CC(O)CNN(CCO)C(O)CCC=N. The minimum absolute atomic E-state index is 0.0749. The molecule has 90 valence electrons. The number of hydrogen-bond donors (Lipinski definition) is 5. The Morgan fingerprint density at radius 1 is 1.47 bits per heavy atom. The van der Waals surface area contributed by atoms with Crippen molar-refractivity contribution >= 4 is 6.21 Å². The lowest BCUT2D eigenvalue weighted by atomic mass is 10.3. The number of aliphatic hydroxyl groups excluding tert-OH is 3. The molecular weight excluding hydrogens is 198 g/mol. The Balaban J connectivity index is 3.93. The smallest absolute Gasteiger partial charge is 0.120 e. The third kappa shape index (κ3) is 7.40. The van der Waals surface area contributed by atoms with Gasteiger partial charge in [0.25, 0.3) is 0 Å². The lowest BCUT2D eigenvalue weighted by Gasteiger charge is -2.28. The summed E-state index contributed by atoms with van der Waals surface area (Å²) in [7, 11) is 0. The van der Waals surface area contributed by atoms with Gasteiger partial charge < -0.3 is 20.7 Å². The van der Waals surface area contributed by atoms with E-state index in [1.54, 1.807) is 6.92 Å². The lowest BCUT2D eigenvalue weighted by Crippen LogP contribution is -2.49. The minimum atomic E-state index is -0.752. The number of rotatable bonds is 9. The first-order chi connectivity index (χ1) is 7.11. The molecular formula is C9H21N3O3. The van der Waals surface area contributed by atoms with Crippen LogP contribution in [0, 0.1) is 5.41 Å². The second-order valence-electron chi connectivity index (χ2n) is 3.39. The molecule has 0 rings (SSSR count). The topological polar surface area (TPSA) is 99.8 Å². The van der Waals surface area contributed by atoms with E-state index in [1.807, 2.05) is 0 Å². The third-order valence-electron chi connectivity index (χ3n) is 1.86. The maximum Gasteiger partial charge on any atom is 0.120 e. The molecule has 2 atom stereocenters. The fourth-order valence-electron chi connectivity index (χ4n) is 1.08. The Bertz CT molecular complexity index is 167. The fourth-order valence-corrected chi connectivity index (χ4v) is 1.08. The fraction of sp³-hybridized carbons (Fsp3) is 0.889. The molecule has 0 aromatic carbocycles. The average Bonchev–Trinajstić information content (AvgIpc) is 2.20. The molecule has 5 N–H and O–H groups in total. The monoisotopic (exact) mass is 219 g/mol. The van der Waals surface area contributed by atoms with Crippen molar-refractivity contribution in [3.63, 3.8) is 0 Å². The summed E-state index contributed by atoms with van der Waals surface area (Å²) in [6.45, 7) is 2.16. The average molecular weight is 219 g/mol. The molecule has 0 aliphatic heterocycles. The van der Waals surface area contributed by atoms with E-state index in [-0.39, 0.29) is 13.2 Å². The van der Waals surface area contributed by atoms with Crippen LogP contribution in [-0.4, -0.2) is 58.6 Å². The molecule has 6 heteroatoms. The van der Waals surface area contributed by atoms with Crippen molar-refractivity contribution in [1.29, 1.82) is 5.41 Å². The van der Waals surface area contributed by atoms with Crippen molar-refractivity contribution in [1.82, 2.24) is 10.4 Å². The standard InChI is InChI=1S/C9H21N3O3/c1-8(14)7-11-12(5-6-13)9(15)3-2-4-10/h4,8-11,13-15H,2-3,5-7H2,1H3. The summed E-state index contributed by atoms with van der Waals surface area (Å²) in [6, 6.07) is 0. The van der Waals surface area contributed by atoms with Gasteiger partial charge in [0.05, 0.1) is 12.7 Å².